The highest BCUT2D eigenvalue weighted by Crippen LogP contribution is 2.15. The average Bonchev–Trinajstić information content (AvgIpc) is 2.60. The molecule has 0 saturated heterocycles. The first-order valence-electron chi connectivity index (χ1n) is 4.48. The van der Waals surface area contributed by atoms with Gasteiger partial charge in [-0.15, -0.1) is 5.10 Å². The SMILES string of the molecule is NCC(=O)c1nnn2c1CCCC2. The molecule has 0 fully saturated rings. The molecule has 0 unspecified atom stereocenters. The van der Waals surface area contributed by atoms with Crippen molar-refractivity contribution in [3.63, 3.8) is 0 Å². The van der Waals surface area contributed by atoms with E-state index in [1.807, 2.05) is 4.68 Å². The summed E-state index contributed by atoms with van der Waals surface area (Å²) in [7, 11) is 0. The summed E-state index contributed by atoms with van der Waals surface area (Å²) >= 11 is 0. The van der Waals surface area contributed by atoms with Crippen molar-refractivity contribution >= 4 is 5.78 Å². The van der Waals surface area contributed by atoms with Crippen LogP contribution in [0, 0.1) is 0 Å². The lowest BCUT2D eigenvalue weighted by atomic mass is 10.1. The van der Waals surface area contributed by atoms with Crippen LogP contribution in [0.5, 0.6) is 0 Å². The van der Waals surface area contributed by atoms with Gasteiger partial charge in [0.15, 0.2) is 11.5 Å². The van der Waals surface area contributed by atoms with E-state index in [9.17, 15) is 4.79 Å². The first kappa shape index (κ1) is 8.37. The molecule has 0 saturated carbocycles. The van der Waals surface area contributed by atoms with Gasteiger partial charge >= 0.3 is 0 Å². The molecule has 1 aliphatic rings. The molecule has 5 heteroatoms. The Labute approximate surface area is 75.9 Å². The lowest BCUT2D eigenvalue weighted by Crippen LogP contribution is -2.18. The van der Waals surface area contributed by atoms with Gasteiger partial charge in [0.25, 0.3) is 0 Å². The van der Waals surface area contributed by atoms with E-state index in [2.05, 4.69) is 10.3 Å². The summed E-state index contributed by atoms with van der Waals surface area (Å²) in [5.41, 5.74) is 6.70. The van der Waals surface area contributed by atoms with E-state index in [0.29, 0.717) is 5.69 Å². The maximum Gasteiger partial charge on any atom is 0.198 e. The van der Waals surface area contributed by atoms with E-state index in [1.165, 1.54) is 0 Å². The van der Waals surface area contributed by atoms with Crippen LogP contribution in [0.2, 0.25) is 0 Å². The smallest absolute Gasteiger partial charge is 0.198 e. The van der Waals surface area contributed by atoms with Gasteiger partial charge in [-0.1, -0.05) is 5.21 Å². The molecule has 0 bridgehead atoms. The quantitative estimate of drug-likeness (QED) is 0.637. The van der Waals surface area contributed by atoms with Gasteiger partial charge in [0.2, 0.25) is 0 Å². The third-order valence-electron chi connectivity index (χ3n) is 2.32. The second kappa shape index (κ2) is 3.26. The Morgan fingerprint density at radius 2 is 2.38 bits per heavy atom. The Morgan fingerprint density at radius 1 is 1.54 bits per heavy atom. The van der Waals surface area contributed by atoms with Gasteiger partial charge in [0.05, 0.1) is 12.2 Å². The predicted molar refractivity (Wildman–Crippen MR) is 46.3 cm³/mol. The number of aryl methyl sites for hydroxylation is 1. The molecule has 13 heavy (non-hydrogen) atoms. The van der Waals surface area contributed by atoms with Gasteiger partial charge in [0.1, 0.15) is 0 Å². The Bertz CT molecular complexity index is 331. The molecule has 2 heterocycles. The topological polar surface area (TPSA) is 73.8 Å². The molecule has 0 aliphatic carbocycles. The minimum Gasteiger partial charge on any atom is -0.324 e. The zero-order chi connectivity index (χ0) is 9.26. The number of hydrogen-bond donors (Lipinski definition) is 1. The van der Waals surface area contributed by atoms with E-state index in [0.717, 1.165) is 31.5 Å². The van der Waals surface area contributed by atoms with E-state index in [-0.39, 0.29) is 12.3 Å². The normalized spacial score (nSPS) is 15.5. The fourth-order valence-electron chi connectivity index (χ4n) is 1.63. The number of ketones is 1. The first-order chi connectivity index (χ1) is 6.33. The van der Waals surface area contributed by atoms with E-state index in [4.69, 9.17) is 5.73 Å². The maximum atomic E-state index is 11.3. The standard InChI is InChI=1S/C8H12N4O/c9-5-7(13)8-6-3-1-2-4-12(6)11-10-8/h1-5,9H2. The molecular weight excluding hydrogens is 168 g/mol. The fraction of sp³-hybridized carbons (Fsp3) is 0.625. The summed E-state index contributed by atoms with van der Waals surface area (Å²) in [4.78, 5) is 11.3. The van der Waals surface area contributed by atoms with Crippen molar-refractivity contribution in [1.29, 1.82) is 0 Å². The molecule has 0 aromatic carbocycles. The van der Waals surface area contributed by atoms with Gasteiger partial charge in [0, 0.05) is 6.54 Å². The van der Waals surface area contributed by atoms with E-state index >= 15 is 0 Å². The number of nitrogens with two attached hydrogens (primary N) is 1. The highest BCUT2D eigenvalue weighted by atomic mass is 16.1. The van der Waals surface area contributed by atoms with Gasteiger partial charge in [-0.2, -0.15) is 0 Å². The Kier molecular flexibility index (Phi) is 2.10. The zero-order valence-corrected chi connectivity index (χ0v) is 7.36. The van der Waals surface area contributed by atoms with Crippen LogP contribution in [0.1, 0.15) is 29.0 Å². The Morgan fingerprint density at radius 3 is 3.15 bits per heavy atom. The molecule has 2 N–H and O–H groups in total. The van der Waals surface area contributed by atoms with Crippen LogP contribution in [-0.4, -0.2) is 27.3 Å². The van der Waals surface area contributed by atoms with Crippen molar-refractivity contribution in [2.75, 3.05) is 6.54 Å². The van der Waals surface area contributed by atoms with Gasteiger partial charge in [-0.05, 0) is 19.3 Å². The predicted octanol–water partition coefficient (Wildman–Crippen LogP) is -0.244. The number of carbonyl (C=O) groups is 1. The molecule has 0 atom stereocenters. The second-order valence-electron chi connectivity index (χ2n) is 3.19. The van der Waals surface area contributed by atoms with Crippen LogP contribution < -0.4 is 5.73 Å². The average molecular weight is 180 g/mol. The van der Waals surface area contributed by atoms with Crippen molar-refractivity contribution in [1.82, 2.24) is 15.0 Å². The van der Waals surface area contributed by atoms with Crippen molar-refractivity contribution in [2.24, 2.45) is 5.73 Å². The summed E-state index contributed by atoms with van der Waals surface area (Å²) in [6, 6.07) is 0. The monoisotopic (exact) mass is 180 g/mol. The lowest BCUT2D eigenvalue weighted by molar-refractivity contribution is 0.0995. The number of Topliss-reactive ketones (excluding diaryl/α,β-unsaturated/α-hetero) is 1. The third kappa shape index (κ3) is 1.35. The summed E-state index contributed by atoms with van der Waals surface area (Å²) < 4.78 is 1.81. The number of aromatic nitrogens is 3. The molecule has 0 radical (unpaired) electrons. The van der Waals surface area contributed by atoms with Crippen molar-refractivity contribution in [2.45, 2.75) is 25.8 Å². The molecule has 0 spiro atoms. The fourth-order valence-corrected chi connectivity index (χ4v) is 1.63. The molecule has 70 valence electrons. The first-order valence-corrected chi connectivity index (χ1v) is 4.48. The molecular formula is C8H12N4O. The number of nitrogens with zero attached hydrogens (tertiary/aromatic N) is 3. The van der Waals surface area contributed by atoms with E-state index < -0.39 is 0 Å². The van der Waals surface area contributed by atoms with Crippen LogP contribution in [0.4, 0.5) is 0 Å². The summed E-state index contributed by atoms with van der Waals surface area (Å²) in [5.74, 6) is -0.108. The largest absolute Gasteiger partial charge is 0.324 e. The highest BCUT2D eigenvalue weighted by Gasteiger charge is 2.20. The van der Waals surface area contributed by atoms with Crippen molar-refractivity contribution in [3.8, 4) is 0 Å². The van der Waals surface area contributed by atoms with Crippen molar-refractivity contribution in [3.05, 3.63) is 11.4 Å². The van der Waals surface area contributed by atoms with Gasteiger partial charge < -0.3 is 5.73 Å². The summed E-state index contributed by atoms with van der Waals surface area (Å²) in [5, 5.41) is 7.77. The Balaban J connectivity index is 2.36. The number of carbonyl (C=O) groups excluding carboxylic acids is 1. The third-order valence-corrected chi connectivity index (χ3v) is 2.32. The molecule has 5 nitrogen and oxygen atoms in total. The molecule has 1 aliphatic heterocycles. The summed E-state index contributed by atoms with van der Waals surface area (Å²) in [6.45, 7) is 0.895. The number of fused-ring (bicyclic) bond motifs is 1. The second-order valence-corrected chi connectivity index (χ2v) is 3.19. The van der Waals surface area contributed by atoms with Gasteiger partial charge in [-0.25, -0.2) is 4.68 Å². The molecule has 0 amide bonds. The highest BCUT2D eigenvalue weighted by molar-refractivity contribution is 5.96. The van der Waals surface area contributed by atoms with Crippen LogP contribution in [0.3, 0.4) is 0 Å². The molecule has 1 aromatic rings. The molecule has 2 rings (SSSR count). The zero-order valence-electron chi connectivity index (χ0n) is 7.36. The number of rotatable bonds is 2. The Hall–Kier alpha value is -1.23. The van der Waals surface area contributed by atoms with Crippen LogP contribution in [0.15, 0.2) is 0 Å². The number of hydrogen-bond acceptors (Lipinski definition) is 4. The van der Waals surface area contributed by atoms with Crippen LogP contribution in [-0.2, 0) is 13.0 Å². The minimum absolute atomic E-state index is 0.0195. The molecule has 1 aromatic heterocycles. The van der Waals surface area contributed by atoms with Gasteiger partial charge in [-0.3, -0.25) is 4.79 Å². The van der Waals surface area contributed by atoms with Crippen LogP contribution in [0.25, 0.3) is 0 Å². The lowest BCUT2D eigenvalue weighted by Gasteiger charge is -2.12. The van der Waals surface area contributed by atoms with Crippen molar-refractivity contribution < 1.29 is 4.79 Å². The van der Waals surface area contributed by atoms with E-state index in [1.54, 1.807) is 0 Å². The summed E-state index contributed by atoms with van der Waals surface area (Å²) in [6.07, 6.45) is 3.12. The van der Waals surface area contributed by atoms with Crippen LogP contribution >= 0.6 is 0 Å². The maximum absolute atomic E-state index is 11.3. The minimum atomic E-state index is -0.108.